The summed E-state index contributed by atoms with van der Waals surface area (Å²) in [6, 6.07) is 7.57. The molecule has 104 valence electrons. The van der Waals surface area contributed by atoms with Crippen molar-refractivity contribution in [3.8, 4) is 0 Å². The zero-order chi connectivity index (χ0) is 13.7. The third-order valence-corrected chi connectivity index (χ3v) is 5.33. The van der Waals surface area contributed by atoms with Gasteiger partial charge in [-0.1, -0.05) is 18.6 Å². The summed E-state index contributed by atoms with van der Waals surface area (Å²) in [5.41, 5.74) is 1.32. The first kappa shape index (κ1) is 12.0. The van der Waals surface area contributed by atoms with Crippen LogP contribution in [0.2, 0.25) is 0 Å². The van der Waals surface area contributed by atoms with Crippen LogP contribution < -0.4 is 0 Å². The number of fused-ring (bicyclic) bond motifs is 3. The second-order valence-electron chi connectivity index (χ2n) is 6.45. The minimum Gasteiger partial charge on any atom is -0.478 e. The fourth-order valence-corrected chi connectivity index (χ4v) is 4.44. The maximum atomic E-state index is 11.4. The Labute approximate surface area is 118 Å². The molecule has 3 heteroatoms. The van der Waals surface area contributed by atoms with Gasteiger partial charge in [0.05, 0.1) is 11.1 Å². The van der Waals surface area contributed by atoms with Crippen LogP contribution in [-0.4, -0.2) is 15.6 Å². The van der Waals surface area contributed by atoms with E-state index in [1.54, 1.807) is 6.07 Å². The van der Waals surface area contributed by atoms with E-state index in [0.717, 1.165) is 35.2 Å². The second-order valence-corrected chi connectivity index (χ2v) is 6.45. The molecule has 1 N–H and O–H groups in total. The van der Waals surface area contributed by atoms with Crippen molar-refractivity contribution in [3.63, 3.8) is 0 Å². The number of carboxylic acid groups (broad SMARTS) is 1. The quantitative estimate of drug-likeness (QED) is 0.921. The summed E-state index contributed by atoms with van der Waals surface area (Å²) in [4.78, 5) is 11.4. The van der Waals surface area contributed by atoms with Gasteiger partial charge in [0.2, 0.25) is 0 Å². The van der Waals surface area contributed by atoms with Gasteiger partial charge in [0, 0.05) is 18.1 Å². The van der Waals surface area contributed by atoms with Gasteiger partial charge < -0.3 is 9.67 Å². The molecule has 1 heterocycles. The van der Waals surface area contributed by atoms with Crippen molar-refractivity contribution in [1.82, 2.24) is 4.57 Å². The van der Waals surface area contributed by atoms with Crippen LogP contribution in [0.1, 0.15) is 36.0 Å². The van der Waals surface area contributed by atoms with Crippen LogP contribution in [-0.2, 0) is 6.54 Å². The Kier molecular flexibility index (Phi) is 2.62. The number of para-hydroxylation sites is 1. The Balaban J connectivity index is 1.71. The second kappa shape index (κ2) is 4.37. The molecule has 0 aliphatic heterocycles. The van der Waals surface area contributed by atoms with Crippen LogP contribution in [0.25, 0.3) is 10.9 Å². The van der Waals surface area contributed by atoms with E-state index in [9.17, 15) is 9.90 Å². The largest absolute Gasteiger partial charge is 0.478 e. The molecule has 2 aromatic rings. The fourth-order valence-electron chi connectivity index (χ4n) is 4.44. The Hall–Kier alpha value is -1.77. The first-order valence-electron chi connectivity index (χ1n) is 7.53. The molecule has 0 spiro atoms. The Morgan fingerprint density at radius 3 is 2.85 bits per heavy atom. The number of nitrogens with zero attached hydrogens (tertiary/aromatic N) is 1. The molecule has 1 aromatic heterocycles. The van der Waals surface area contributed by atoms with Gasteiger partial charge in [-0.2, -0.15) is 0 Å². The SMILES string of the molecule is O=C(O)c1cccc2ccn(CC3CC4CCC3C4)c12. The van der Waals surface area contributed by atoms with Gasteiger partial charge in [0.1, 0.15) is 0 Å². The lowest BCUT2D eigenvalue weighted by molar-refractivity contribution is 0.0698. The third kappa shape index (κ3) is 1.76. The predicted octanol–water partition coefficient (Wildman–Crippen LogP) is 3.78. The topological polar surface area (TPSA) is 42.2 Å². The summed E-state index contributed by atoms with van der Waals surface area (Å²) in [6.07, 6.45) is 7.58. The van der Waals surface area contributed by atoms with E-state index < -0.39 is 5.97 Å². The van der Waals surface area contributed by atoms with Gasteiger partial charge >= 0.3 is 5.97 Å². The summed E-state index contributed by atoms with van der Waals surface area (Å²) >= 11 is 0. The summed E-state index contributed by atoms with van der Waals surface area (Å²) in [7, 11) is 0. The molecule has 3 nitrogen and oxygen atoms in total. The van der Waals surface area contributed by atoms with Crippen molar-refractivity contribution in [2.45, 2.75) is 32.2 Å². The summed E-state index contributed by atoms with van der Waals surface area (Å²) < 4.78 is 2.17. The van der Waals surface area contributed by atoms with Gasteiger partial charge in [-0.05, 0) is 49.1 Å². The number of aromatic carboxylic acids is 1. The van der Waals surface area contributed by atoms with Crippen molar-refractivity contribution in [3.05, 3.63) is 36.0 Å². The van der Waals surface area contributed by atoms with Crippen LogP contribution >= 0.6 is 0 Å². The molecule has 0 saturated heterocycles. The van der Waals surface area contributed by atoms with E-state index in [2.05, 4.69) is 10.8 Å². The van der Waals surface area contributed by atoms with Gasteiger partial charge in [0.15, 0.2) is 0 Å². The molecule has 2 aliphatic carbocycles. The lowest BCUT2D eigenvalue weighted by atomic mass is 9.89. The molecule has 1 aromatic carbocycles. The highest BCUT2D eigenvalue weighted by molar-refractivity contribution is 6.02. The minimum absolute atomic E-state index is 0.427. The highest BCUT2D eigenvalue weighted by atomic mass is 16.4. The molecule has 3 unspecified atom stereocenters. The average molecular weight is 269 g/mol. The van der Waals surface area contributed by atoms with Crippen LogP contribution in [0.5, 0.6) is 0 Å². The number of rotatable bonds is 3. The number of carboxylic acids is 1. The maximum Gasteiger partial charge on any atom is 0.337 e. The maximum absolute atomic E-state index is 11.4. The lowest BCUT2D eigenvalue weighted by Gasteiger charge is -2.22. The summed E-state index contributed by atoms with van der Waals surface area (Å²) in [5.74, 6) is 1.72. The molecule has 0 radical (unpaired) electrons. The molecule has 0 amide bonds. The normalized spacial score (nSPS) is 28.3. The van der Waals surface area contributed by atoms with Gasteiger partial charge in [-0.25, -0.2) is 4.79 Å². The minimum atomic E-state index is -0.830. The molecule has 4 rings (SSSR count). The Bertz CT molecular complexity index is 673. The van der Waals surface area contributed by atoms with E-state index in [1.165, 1.54) is 25.7 Å². The third-order valence-electron chi connectivity index (χ3n) is 5.33. The zero-order valence-corrected chi connectivity index (χ0v) is 11.5. The van der Waals surface area contributed by atoms with E-state index >= 15 is 0 Å². The van der Waals surface area contributed by atoms with E-state index in [-0.39, 0.29) is 0 Å². The predicted molar refractivity (Wildman–Crippen MR) is 77.8 cm³/mol. The number of benzene rings is 1. The average Bonchev–Trinajstić information content (AvgIpc) is 3.14. The van der Waals surface area contributed by atoms with Gasteiger partial charge in [0.25, 0.3) is 0 Å². The van der Waals surface area contributed by atoms with Crippen molar-refractivity contribution in [1.29, 1.82) is 0 Å². The first-order valence-corrected chi connectivity index (χ1v) is 7.53. The number of hydrogen-bond donors (Lipinski definition) is 1. The standard InChI is InChI=1S/C17H19NO2/c19-17(20)15-3-1-2-12-6-7-18(16(12)15)10-14-9-11-4-5-13(14)8-11/h1-3,6-7,11,13-14H,4-5,8-10H2,(H,19,20). The molecule has 2 saturated carbocycles. The number of aromatic nitrogens is 1. The van der Waals surface area contributed by atoms with Crippen LogP contribution in [0.15, 0.2) is 30.5 Å². The van der Waals surface area contributed by atoms with Crippen molar-refractivity contribution >= 4 is 16.9 Å². The van der Waals surface area contributed by atoms with Gasteiger partial charge in [-0.15, -0.1) is 0 Å². The summed E-state index contributed by atoms with van der Waals surface area (Å²) in [6.45, 7) is 0.981. The molecule has 20 heavy (non-hydrogen) atoms. The first-order chi connectivity index (χ1) is 9.72. The Morgan fingerprint density at radius 1 is 1.25 bits per heavy atom. The highest BCUT2D eigenvalue weighted by Crippen LogP contribution is 2.49. The van der Waals surface area contributed by atoms with Crippen LogP contribution in [0, 0.1) is 17.8 Å². The molecule has 3 atom stereocenters. The van der Waals surface area contributed by atoms with E-state index in [0.29, 0.717) is 5.56 Å². The smallest absolute Gasteiger partial charge is 0.337 e. The molecular formula is C17H19NO2. The molecule has 2 fully saturated rings. The summed E-state index contributed by atoms with van der Waals surface area (Å²) in [5, 5.41) is 10.4. The van der Waals surface area contributed by atoms with E-state index in [4.69, 9.17) is 0 Å². The number of hydrogen-bond acceptors (Lipinski definition) is 1. The van der Waals surface area contributed by atoms with E-state index in [1.807, 2.05) is 18.2 Å². The monoisotopic (exact) mass is 269 g/mol. The number of carbonyl (C=O) groups is 1. The molecular weight excluding hydrogens is 250 g/mol. The highest BCUT2D eigenvalue weighted by Gasteiger charge is 2.39. The zero-order valence-electron chi connectivity index (χ0n) is 11.5. The van der Waals surface area contributed by atoms with Crippen molar-refractivity contribution in [2.75, 3.05) is 0 Å². The van der Waals surface area contributed by atoms with Crippen molar-refractivity contribution in [2.24, 2.45) is 17.8 Å². The van der Waals surface area contributed by atoms with Crippen LogP contribution in [0.4, 0.5) is 0 Å². The lowest BCUT2D eigenvalue weighted by Crippen LogP contribution is -2.17. The van der Waals surface area contributed by atoms with Crippen LogP contribution in [0.3, 0.4) is 0 Å². The van der Waals surface area contributed by atoms with Gasteiger partial charge in [-0.3, -0.25) is 0 Å². The fraction of sp³-hybridized carbons (Fsp3) is 0.471. The Morgan fingerprint density at radius 2 is 2.15 bits per heavy atom. The van der Waals surface area contributed by atoms with Crippen molar-refractivity contribution < 1.29 is 9.90 Å². The molecule has 2 bridgehead atoms. The molecule has 2 aliphatic rings.